The van der Waals surface area contributed by atoms with E-state index in [9.17, 15) is 4.79 Å². The number of nitrogens with one attached hydrogen (secondary N) is 2. The lowest BCUT2D eigenvalue weighted by Gasteiger charge is -2.40. The summed E-state index contributed by atoms with van der Waals surface area (Å²) < 4.78 is 10.6. The molecule has 1 saturated heterocycles. The average molecular weight is 442 g/mol. The topological polar surface area (TPSA) is 75.2 Å². The summed E-state index contributed by atoms with van der Waals surface area (Å²) in [7, 11) is 0. The zero-order valence-electron chi connectivity index (χ0n) is 14.8. The lowest BCUT2D eigenvalue weighted by molar-refractivity contribution is 0.00701. The maximum Gasteiger partial charge on any atom is 0.410 e. The Balaban J connectivity index is 0.00000484. The highest BCUT2D eigenvalue weighted by Gasteiger charge is 2.34. The molecule has 1 fully saturated rings. The largest absolute Gasteiger partial charge is 0.444 e. The Kier molecular flexibility index (Phi) is 10.5. The summed E-state index contributed by atoms with van der Waals surface area (Å²) >= 11 is 0. The van der Waals surface area contributed by atoms with Gasteiger partial charge in [0, 0.05) is 26.2 Å². The molecule has 0 spiro atoms. The quantitative estimate of drug-likeness (QED) is 0.284. The van der Waals surface area contributed by atoms with Gasteiger partial charge < -0.3 is 25.0 Å². The molecule has 1 amide bonds. The highest BCUT2D eigenvalue weighted by Crippen LogP contribution is 2.15. The molecule has 0 unspecified atom stereocenters. The first kappa shape index (κ1) is 22.2. The molecule has 0 saturated carbocycles. The van der Waals surface area contributed by atoms with Gasteiger partial charge in [0.15, 0.2) is 5.96 Å². The van der Waals surface area contributed by atoms with E-state index in [0.29, 0.717) is 32.8 Å². The van der Waals surface area contributed by atoms with Crippen molar-refractivity contribution in [2.75, 3.05) is 39.4 Å². The molecular weight excluding hydrogens is 411 g/mol. The van der Waals surface area contributed by atoms with Crippen LogP contribution in [0, 0.1) is 0 Å². The molecule has 0 radical (unpaired) electrons. The fraction of sp³-hybridized carbons (Fsp3) is 0.867. The van der Waals surface area contributed by atoms with Crippen LogP contribution in [-0.4, -0.2) is 68.0 Å². The zero-order chi connectivity index (χ0) is 16.6. The minimum absolute atomic E-state index is 0. The second kappa shape index (κ2) is 10.9. The van der Waals surface area contributed by atoms with Gasteiger partial charge in [0.05, 0.1) is 19.2 Å². The van der Waals surface area contributed by atoms with Crippen molar-refractivity contribution in [3.63, 3.8) is 0 Å². The van der Waals surface area contributed by atoms with Crippen molar-refractivity contribution in [1.82, 2.24) is 15.5 Å². The second-order valence-electron chi connectivity index (χ2n) is 6.18. The number of rotatable bonds is 6. The lowest BCUT2D eigenvalue weighted by atomic mass is 10.1. The molecule has 0 atom stereocenters. The van der Waals surface area contributed by atoms with Gasteiger partial charge in [-0.05, 0) is 34.6 Å². The smallest absolute Gasteiger partial charge is 0.410 e. The molecule has 2 N–H and O–H groups in total. The molecule has 1 aliphatic heterocycles. The number of guanidine groups is 1. The van der Waals surface area contributed by atoms with Crippen molar-refractivity contribution in [3.05, 3.63) is 0 Å². The van der Waals surface area contributed by atoms with Gasteiger partial charge in [0.25, 0.3) is 0 Å². The molecule has 1 heterocycles. The Bertz CT molecular complexity index is 379. The normalized spacial score (nSPS) is 15.5. The third-order valence-electron chi connectivity index (χ3n) is 2.93. The van der Waals surface area contributed by atoms with Crippen molar-refractivity contribution >= 4 is 36.0 Å². The number of halogens is 1. The first-order valence-corrected chi connectivity index (χ1v) is 7.96. The maximum atomic E-state index is 11.9. The van der Waals surface area contributed by atoms with Gasteiger partial charge in [0.1, 0.15) is 5.60 Å². The summed E-state index contributed by atoms with van der Waals surface area (Å²) in [6, 6.07) is 0.206. The van der Waals surface area contributed by atoms with Gasteiger partial charge in [-0.1, -0.05) is 0 Å². The average Bonchev–Trinajstić information content (AvgIpc) is 2.35. The third kappa shape index (κ3) is 9.19. The summed E-state index contributed by atoms with van der Waals surface area (Å²) in [5.41, 5.74) is -0.453. The number of amides is 1. The number of hydrogen-bond acceptors (Lipinski definition) is 4. The van der Waals surface area contributed by atoms with Gasteiger partial charge >= 0.3 is 6.09 Å². The molecule has 0 aromatic heterocycles. The maximum absolute atomic E-state index is 11.9. The highest BCUT2D eigenvalue weighted by atomic mass is 127. The molecule has 0 aliphatic carbocycles. The van der Waals surface area contributed by atoms with Crippen molar-refractivity contribution in [1.29, 1.82) is 0 Å². The molecule has 0 aromatic rings. The standard InChI is InChI=1S/C15H30N4O3.HI/c1-6-16-13(17-8-9-21-7-2)18-12-10-19(11-12)14(20)22-15(3,4)5;/h12H,6-11H2,1-5H3,(H2,16,17,18);1H. The molecule has 23 heavy (non-hydrogen) atoms. The Morgan fingerprint density at radius 3 is 2.48 bits per heavy atom. The fourth-order valence-corrected chi connectivity index (χ4v) is 1.93. The molecule has 1 aliphatic rings. The molecule has 0 bridgehead atoms. The van der Waals surface area contributed by atoms with Crippen LogP contribution in [0.15, 0.2) is 4.99 Å². The van der Waals surface area contributed by atoms with E-state index >= 15 is 0 Å². The second-order valence-corrected chi connectivity index (χ2v) is 6.18. The van der Waals surface area contributed by atoms with E-state index in [0.717, 1.165) is 12.5 Å². The van der Waals surface area contributed by atoms with Gasteiger partial charge in [-0.2, -0.15) is 0 Å². The molecule has 7 nitrogen and oxygen atoms in total. The number of hydrogen-bond donors (Lipinski definition) is 2. The molecule has 0 aromatic carbocycles. The van der Waals surface area contributed by atoms with E-state index in [1.807, 2.05) is 34.6 Å². The first-order valence-electron chi connectivity index (χ1n) is 7.96. The van der Waals surface area contributed by atoms with Crippen LogP contribution < -0.4 is 10.6 Å². The van der Waals surface area contributed by atoms with Gasteiger partial charge in [-0.3, -0.25) is 4.99 Å². The Morgan fingerprint density at radius 2 is 1.96 bits per heavy atom. The number of aliphatic imine (C=N–C) groups is 1. The van der Waals surface area contributed by atoms with Crippen LogP contribution in [0.3, 0.4) is 0 Å². The predicted molar refractivity (Wildman–Crippen MR) is 103 cm³/mol. The van der Waals surface area contributed by atoms with Gasteiger partial charge in [-0.25, -0.2) is 4.79 Å². The molecule has 136 valence electrons. The van der Waals surface area contributed by atoms with E-state index in [1.54, 1.807) is 4.90 Å². The van der Waals surface area contributed by atoms with E-state index in [2.05, 4.69) is 15.6 Å². The van der Waals surface area contributed by atoms with Crippen molar-refractivity contribution < 1.29 is 14.3 Å². The molecule has 8 heteroatoms. The van der Waals surface area contributed by atoms with Crippen molar-refractivity contribution in [3.8, 4) is 0 Å². The van der Waals surface area contributed by atoms with Crippen LogP contribution in [0.4, 0.5) is 4.79 Å². The van der Waals surface area contributed by atoms with Crippen LogP contribution in [0.25, 0.3) is 0 Å². The number of ether oxygens (including phenoxy) is 2. The van der Waals surface area contributed by atoms with Crippen LogP contribution in [-0.2, 0) is 9.47 Å². The fourth-order valence-electron chi connectivity index (χ4n) is 1.93. The van der Waals surface area contributed by atoms with Gasteiger partial charge in [0.2, 0.25) is 0 Å². The number of nitrogens with zero attached hydrogens (tertiary/aromatic N) is 2. The lowest BCUT2D eigenvalue weighted by Crippen LogP contribution is -2.63. The Hall–Kier alpha value is -0.770. The van der Waals surface area contributed by atoms with E-state index < -0.39 is 5.60 Å². The minimum Gasteiger partial charge on any atom is -0.444 e. The third-order valence-corrected chi connectivity index (χ3v) is 2.93. The summed E-state index contributed by atoms with van der Waals surface area (Å²) in [5, 5.41) is 6.50. The van der Waals surface area contributed by atoms with Crippen LogP contribution in [0.5, 0.6) is 0 Å². The molecular formula is C15H31IN4O3. The first-order chi connectivity index (χ1) is 10.4. The predicted octanol–water partition coefficient (Wildman–Crippen LogP) is 1.82. The number of likely N-dealkylation sites (tertiary alicyclic amines) is 1. The van der Waals surface area contributed by atoms with E-state index in [-0.39, 0.29) is 36.1 Å². The Labute approximate surface area is 156 Å². The summed E-state index contributed by atoms with van der Waals surface area (Å²) in [5.74, 6) is 0.760. The van der Waals surface area contributed by atoms with Crippen LogP contribution in [0.1, 0.15) is 34.6 Å². The van der Waals surface area contributed by atoms with Gasteiger partial charge in [-0.15, -0.1) is 24.0 Å². The Morgan fingerprint density at radius 1 is 1.30 bits per heavy atom. The molecule has 1 rings (SSSR count). The van der Waals surface area contributed by atoms with Crippen LogP contribution >= 0.6 is 24.0 Å². The summed E-state index contributed by atoms with van der Waals surface area (Å²) in [6.07, 6.45) is -0.260. The number of carbonyl (C=O) groups excluding carboxylic acids is 1. The monoisotopic (exact) mass is 442 g/mol. The van der Waals surface area contributed by atoms with Crippen LogP contribution in [0.2, 0.25) is 0 Å². The van der Waals surface area contributed by atoms with E-state index in [1.165, 1.54) is 0 Å². The zero-order valence-corrected chi connectivity index (χ0v) is 17.2. The summed E-state index contributed by atoms with van der Waals surface area (Å²) in [6.45, 7) is 13.6. The minimum atomic E-state index is -0.453. The SMILES string of the molecule is CCNC(=NCCOCC)NC1CN(C(=O)OC(C)(C)C)C1.I. The number of carbonyl (C=O) groups is 1. The highest BCUT2D eigenvalue weighted by molar-refractivity contribution is 14.0. The van der Waals surface area contributed by atoms with Crippen molar-refractivity contribution in [2.24, 2.45) is 4.99 Å². The van der Waals surface area contributed by atoms with E-state index in [4.69, 9.17) is 9.47 Å². The summed E-state index contributed by atoms with van der Waals surface area (Å²) in [4.78, 5) is 18.0. The van der Waals surface area contributed by atoms with Crippen molar-refractivity contribution in [2.45, 2.75) is 46.3 Å².